The Hall–Kier alpha value is 0.320. The largest absolute Gasteiger partial charge is 0.251 e. The first kappa shape index (κ1) is 13.9. The van der Waals surface area contributed by atoms with E-state index in [1.54, 1.807) is 0 Å². The smallest absolute Gasteiger partial charge is 0.0766 e. The van der Waals surface area contributed by atoms with Crippen LogP contribution in [0.25, 0.3) is 0 Å². The summed E-state index contributed by atoms with van der Waals surface area (Å²) in [6, 6.07) is 0. The molecule has 0 fully saturated rings. The maximum Gasteiger partial charge on any atom is 0.0766 e. The Kier molecular flexibility index (Phi) is 13.0. The third-order valence-electron chi connectivity index (χ3n) is 0.704. The van der Waals surface area contributed by atoms with Crippen LogP contribution in [0.5, 0.6) is 0 Å². The van der Waals surface area contributed by atoms with Crippen molar-refractivity contribution < 1.29 is 14.5 Å². The van der Waals surface area contributed by atoms with Gasteiger partial charge in [0.2, 0.25) is 0 Å². The van der Waals surface area contributed by atoms with Crippen LogP contribution in [-0.2, 0) is 14.5 Å². The summed E-state index contributed by atoms with van der Waals surface area (Å²) in [5.41, 5.74) is 0. The van der Waals surface area contributed by atoms with E-state index in [-0.39, 0.29) is 17.0 Å². The Morgan fingerprint density at radius 2 is 1.09 bits per heavy atom. The Balaban J connectivity index is 0. The molecule has 0 N–H and O–H groups in total. The van der Waals surface area contributed by atoms with E-state index in [0.29, 0.717) is 19.8 Å². The van der Waals surface area contributed by atoms with Crippen LogP contribution in [0.2, 0.25) is 0 Å². The molecule has 0 saturated carbocycles. The number of halogens is 1. The molecule has 0 aromatic carbocycles. The molecular weight excluding hydrogens is 214 g/mol. The molecule has 0 unspecified atom stereocenters. The van der Waals surface area contributed by atoms with Gasteiger partial charge < -0.3 is 0 Å². The highest BCUT2D eigenvalue weighted by molar-refractivity contribution is 8.93. The molecular formula is C6H16BrNO3. The SMILES string of the molecule is Br.CCON(OCC)OCC. The lowest BCUT2D eigenvalue weighted by Crippen LogP contribution is -2.24. The fourth-order valence-electron chi connectivity index (χ4n) is 0.428. The summed E-state index contributed by atoms with van der Waals surface area (Å²) in [5.74, 6) is 0. The van der Waals surface area contributed by atoms with E-state index in [2.05, 4.69) is 0 Å². The molecule has 0 amide bonds. The fraction of sp³-hybridized carbons (Fsp3) is 1.00. The quantitative estimate of drug-likeness (QED) is 0.650. The van der Waals surface area contributed by atoms with Crippen molar-refractivity contribution in [2.45, 2.75) is 20.8 Å². The molecule has 5 heteroatoms. The Morgan fingerprint density at radius 3 is 1.27 bits per heavy atom. The van der Waals surface area contributed by atoms with Crippen molar-refractivity contribution in [3.8, 4) is 0 Å². The fourth-order valence-corrected chi connectivity index (χ4v) is 0.428. The van der Waals surface area contributed by atoms with Crippen LogP contribution in [0, 0.1) is 0 Å². The molecule has 0 heterocycles. The van der Waals surface area contributed by atoms with Gasteiger partial charge in [-0.2, -0.15) is 0 Å². The second-order valence-electron chi connectivity index (χ2n) is 1.48. The Morgan fingerprint density at radius 1 is 0.818 bits per heavy atom. The number of hydrogen-bond donors (Lipinski definition) is 0. The van der Waals surface area contributed by atoms with Gasteiger partial charge >= 0.3 is 0 Å². The maximum atomic E-state index is 4.91. The summed E-state index contributed by atoms with van der Waals surface area (Å²) < 4.78 is 0. The first-order valence-electron chi connectivity index (χ1n) is 3.54. The maximum absolute atomic E-state index is 4.91. The van der Waals surface area contributed by atoms with Gasteiger partial charge in [-0.3, -0.25) is 14.5 Å². The van der Waals surface area contributed by atoms with Crippen molar-refractivity contribution >= 4 is 17.0 Å². The third-order valence-corrected chi connectivity index (χ3v) is 0.704. The molecule has 4 nitrogen and oxygen atoms in total. The van der Waals surface area contributed by atoms with Crippen molar-refractivity contribution in [2.75, 3.05) is 19.8 Å². The second-order valence-corrected chi connectivity index (χ2v) is 1.48. The zero-order valence-electron chi connectivity index (χ0n) is 7.20. The molecule has 0 aromatic heterocycles. The van der Waals surface area contributed by atoms with E-state index in [4.69, 9.17) is 14.5 Å². The second kappa shape index (κ2) is 10.3. The van der Waals surface area contributed by atoms with E-state index in [9.17, 15) is 0 Å². The van der Waals surface area contributed by atoms with Crippen LogP contribution in [0.4, 0.5) is 0 Å². The van der Waals surface area contributed by atoms with Gasteiger partial charge in [0.25, 0.3) is 0 Å². The van der Waals surface area contributed by atoms with Crippen LogP contribution in [0.15, 0.2) is 0 Å². The predicted octanol–water partition coefficient (Wildman–Crippen LogP) is 1.72. The summed E-state index contributed by atoms with van der Waals surface area (Å²) in [5, 5.41) is 1.04. The molecule has 0 aliphatic rings. The Labute approximate surface area is 78.0 Å². The van der Waals surface area contributed by atoms with Gasteiger partial charge in [-0.15, -0.1) is 17.0 Å². The summed E-state index contributed by atoms with van der Waals surface area (Å²) in [4.78, 5) is 14.7. The first-order valence-corrected chi connectivity index (χ1v) is 3.54. The average molecular weight is 230 g/mol. The highest BCUT2D eigenvalue weighted by Gasteiger charge is 2.01. The number of hydrogen-bond acceptors (Lipinski definition) is 4. The molecule has 0 aliphatic carbocycles. The third kappa shape index (κ3) is 8.22. The van der Waals surface area contributed by atoms with Crippen LogP contribution >= 0.6 is 17.0 Å². The van der Waals surface area contributed by atoms with Gasteiger partial charge in [0.1, 0.15) is 0 Å². The minimum absolute atomic E-state index is 0. The normalized spacial score (nSPS) is 9.82. The van der Waals surface area contributed by atoms with Gasteiger partial charge in [0.05, 0.1) is 25.2 Å². The summed E-state index contributed by atoms with van der Waals surface area (Å²) >= 11 is 0. The molecule has 0 atom stereocenters. The molecule has 11 heavy (non-hydrogen) atoms. The monoisotopic (exact) mass is 229 g/mol. The minimum atomic E-state index is 0. The van der Waals surface area contributed by atoms with E-state index in [0.717, 1.165) is 5.39 Å². The van der Waals surface area contributed by atoms with E-state index < -0.39 is 0 Å². The number of nitrogens with zero attached hydrogens (tertiary/aromatic N) is 1. The zero-order valence-corrected chi connectivity index (χ0v) is 8.91. The molecule has 0 aliphatic heterocycles. The number of rotatable bonds is 6. The standard InChI is InChI=1S/C6H15NO3.BrH/c1-4-8-7(9-5-2)10-6-3;/h4-6H2,1-3H3;1H. The molecule has 0 aromatic rings. The molecule has 0 spiro atoms. The van der Waals surface area contributed by atoms with Crippen molar-refractivity contribution in [3.05, 3.63) is 0 Å². The van der Waals surface area contributed by atoms with Crippen molar-refractivity contribution in [1.82, 2.24) is 5.39 Å². The van der Waals surface area contributed by atoms with Gasteiger partial charge in [-0.1, -0.05) is 0 Å². The predicted molar refractivity (Wildman–Crippen MR) is 47.0 cm³/mol. The first-order chi connectivity index (χ1) is 4.85. The average Bonchev–Trinajstić information content (AvgIpc) is 1.90. The van der Waals surface area contributed by atoms with Gasteiger partial charge in [-0.05, 0) is 20.8 Å². The molecule has 70 valence electrons. The van der Waals surface area contributed by atoms with Crippen LogP contribution in [-0.4, -0.2) is 25.2 Å². The van der Waals surface area contributed by atoms with Crippen LogP contribution < -0.4 is 0 Å². The van der Waals surface area contributed by atoms with Crippen molar-refractivity contribution in [1.29, 1.82) is 0 Å². The van der Waals surface area contributed by atoms with Crippen LogP contribution in [0.3, 0.4) is 0 Å². The lowest BCUT2D eigenvalue weighted by atomic mass is 10.9. The highest BCUT2D eigenvalue weighted by atomic mass is 79.9. The van der Waals surface area contributed by atoms with E-state index in [1.807, 2.05) is 20.8 Å². The molecule has 0 saturated heterocycles. The molecule has 0 bridgehead atoms. The van der Waals surface area contributed by atoms with Gasteiger partial charge in [0.15, 0.2) is 0 Å². The molecule has 0 radical (unpaired) electrons. The van der Waals surface area contributed by atoms with Gasteiger partial charge in [0, 0.05) is 0 Å². The Bertz CT molecular complexity index is 60.6. The summed E-state index contributed by atoms with van der Waals surface area (Å²) in [6.07, 6.45) is 0. The van der Waals surface area contributed by atoms with E-state index >= 15 is 0 Å². The van der Waals surface area contributed by atoms with Crippen molar-refractivity contribution in [2.24, 2.45) is 0 Å². The highest BCUT2D eigenvalue weighted by Crippen LogP contribution is 1.92. The summed E-state index contributed by atoms with van der Waals surface area (Å²) in [7, 11) is 0. The summed E-state index contributed by atoms with van der Waals surface area (Å²) in [6.45, 7) is 7.22. The van der Waals surface area contributed by atoms with Gasteiger partial charge in [-0.25, -0.2) is 0 Å². The lowest BCUT2D eigenvalue weighted by Gasteiger charge is -2.16. The molecule has 0 rings (SSSR count). The van der Waals surface area contributed by atoms with E-state index in [1.165, 1.54) is 0 Å². The van der Waals surface area contributed by atoms with Crippen molar-refractivity contribution in [3.63, 3.8) is 0 Å². The minimum Gasteiger partial charge on any atom is -0.251 e. The van der Waals surface area contributed by atoms with Crippen LogP contribution in [0.1, 0.15) is 20.8 Å². The lowest BCUT2D eigenvalue weighted by molar-refractivity contribution is -0.523. The zero-order chi connectivity index (χ0) is 7.82. The topological polar surface area (TPSA) is 30.9 Å².